The van der Waals surface area contributed by atoms with E-state index in [0.29, 0.717) is 13.2 Å². The summed E-state index contributed by atoms with van der Waals surface area (Å²) >= 11 is 0. The Balaban J connectivity index is 1.80. The smallest absolute Gasteiger partial charge is 0.424 e. The minimum absolute atomic E-state index is 0.00639. The lowest BCUT2D eigenvalue weighted by atomic mass is 10.1. The molecule has 1 heterocycles. The first-order valence-electron chi connectivity index (χ1n) is 8.74. The average molecular weight is 339 g/mol. The number of cyclic esters (lactones) is 1. The molecule has 0 bridgehead atoms. The molecule has 132 valence electrons. The number of amides is 1. The van der Waals surface area contributed by atoms with Crippen LogP contribution in [0.25, 0.3) is 0 Å². The number of anilines is 1. The van der Waals surface area contributed by atoms with Crippen molar-refractivity contribution in [2.45, 2.75) is 19.9 Å². The number of nitrogens with one attached hydrogen (secondary N) is 1. The van der Waals surface area contributed by atoms with Gasteiger partial charge in [-0.15, -0.1) is 0 Å². The van der Waals surface area contributed by atoms with Gasteiger partial charge in [0.2, 0.25) is 0 Å². The van der Waals surface area contributed by atoms with Crippen LogP contribution in [0.2, 0.25) is 0 Å². The Bertz CT molecular complexity index is 688. The summed E-state index contributed by atoms with van der Waals surface area (Å²) in [5.74, 6) is 0. The van der Waals surface area contributed by atoms with Gasteiger partial charge in [0.05, 0.1) is 12.6 Å². The molecule has 0 spiro atoms. The van der Waals surface area contributed by atoms with Crippen molar-refractivity contribution in [1.82, 2.24) is 10.4 Å². The summed E-state index contributed by atoms with van der Waals surface area (Å²) in [6, 6.07) is 18.8. The zero-order valence-corrected chi connectivity index (χ0v) is 14.8. The van der Waals surface area contributed by atoms with Gasteiger partial charge >= 0.3 is 6.09 Å². The number of ether oxygens (including phenoxy) is 1. The van der Waals surface area contributed by atoms with E-state index in [-0.39, 0.29) is 12.1 Å². The Hall–Kier alpha value is -2.53. The number of rotatable bonds is 7. The maximum atomic E-state index is 11.8. The normalized spacial score (nSPS) is 15.1. The van der Waals surface area contributed by atoms with Crippen LogP contribution in [0.4, 0.5) is 10.5 Å². The summed E-state index contributed by atoms with van der Waals surface area (Å²) in [4.78, 5) is 14.1. The third kappa shape index (κ3) is 4.31. The molecule has 1 atom stereocenters. The lowest BCUT2D eigenvalue weighted by molar-refractivity contribution is 0.138. The minimum atomic E-state index is -0.306. The molecule has 0 unspecified atom stereocenters. The molecule has 0 aromatic heterocycles. The number of carbonyl (C=O) groups is 1. The number of aryl methyl sites for hydroxylation is 1. The van der Waals surface area contributed by atoms with Gasteiger partial charge in [-0.25, -0.2) is 15.2 Å². The third-order valence-electron chi connectivity index (χ3n) is 4.46. The number of benzene rings is 2. The van der Waals surface area contributed by atoms with Crippen LogP contribution in [-0.2, 0) is 4.74 Å². The second-order valence-electron chi connectivity index (χ2n) is 6.23. The summed E-state index contributed by atoms with van der Waals surface area (Å²) in [7, 11) is 0. The van der Waals surface area contributed by atoms with Gasteiger partial charge in [-0.2, -0.15) is 0 Å². The van der Waals surface area contributed by atoms with Gasteiger partial charge in [-0.1, -0.05) is 48.0 Å². The Morgan fingerprint density at radius 3 is 2.48 bits per heavy atom. The first-order valence-corrected chi connectivity index (χ1v) is 8.74. The highest BCUT2D eigenvalue weighted by atomic mass is 16.6. The van der Waals surface area contributed by atoms with Crippen molar-refractivity contribution in [3.05, 3.63) is 65.7 Å². The summed E-state index contributed by atoms with van der Waals surface area (Å²) < 4.78 is 5.04. The first-order chi connectivity index (χ1) is 12.2. The molecule has 25 heavy (non-hydrogen) atoms. The molecular formula is C20H25N3O2. The lowest BCUT2D eigenvalue weighted by Gasteiger charge is -2.31. The number of likely N-dealkylation sites (N-methyl/N-ethyl adjacent to an activating group) is 1. The molecule has 5 nitrogen and oxygen atoms in total. The molecule has 0 radical (unpaired) electrons. The van der Waals surface area contributed by atoms with Crippen LogP contribution in [-0.4, -0.2) is 37.3 Å². The van der Waals surface area contributed by atoms with E-state index in [2.05, 4.69) is 60.6 Å². The molecule has 1 amide bonds. The maximum absolute atomic E-state index is 11.8. The Kier molecular flexibility index (Phi) is 5.56. The Morgan fingerprint density at radius 1 is 1.16 bits per heavy atom. The molecule has 1 aliphatic rings. The Morgan fingerprint density at radius 2 is 1.88 bits per heavy atom. The summed E-state index contributed by atoms with van der Waals surface area (Å²) in [6.07, 6.45) is -0.306. The number of nitrogens with zero attached hydrogens (tertiary/aromatic N) is 2. The molecular weight excluding hydrogens is 314 g/mol. The summed E-state index contributed by atoms with van der Waals surface area (Å²) in [6.45, 7) is 6.88. The van der Waals surface area contributed by atoms with Crippen LogP contribution in [0, 0.1) is 6.92 Å². The molecule has 1 saturated heterocycles. The van der Waals surface area contributed by atoms with Gasteiger partial charge in [0.15, 0.2) is 0 Å². The molecule has 0 saturated carbocycles. The number of hydrazine groups is 1. The van der Waals surface area contributed by atoms with Gasteiger partial charge in [-0.05, 0) is 31.5 Å². The number of hydrogen-bond acceptors (Lipinski definition) is 4. The van der Waals surface area contributed by atoms with Crippen LogP contribution in [0.15, 0.2) is 54.6 Å². The van der Waals surface area contributed by atoms with Crippen molar-refractivity contribution in [3.63, 3.8) is 0 Å². The molecule has 1 aliphatic heterocycles. The molecule has 1 fully saturated rings. The standard InChI is InChI=1S/C20H25N3O2/c1-3-22(18-11-9-16(2)10-12-18)15-19(17-7-5-4-6-8-17)21-23-13-14-25-20(23)24/h4-12,19,21H,3,13-15H2,1-2H3/t19-/m0/s1. The predicted octanol–water partition coefficient (Wildman–Crippen LogP) is 3.52. The highest BCUT2D eigenvalue weighted by Crippen LogP contribution is 2.21. The molecule has 5 heteroatoms. The van der Waals surface area contributed by atoms with Crippen molar-refractivity contribution in [2.75, 3.05) is 31.1 Å². The van der Waals surface area contributed by atoms with E-state index in [4.69, 9.17) is 4.74 Å². The van der Waals surface area contributed by atoms with E-state index in [1.807, 2.05) is 18.2 Å². The zero-order valence-electron chi connectivity index (χ0n) is 14.8. The monoisotopic (exact) mass is 339 g/mol. The maximum Gasteiger partial charge on any atom is 0.424 e. The van der Waals surface area contributed by atoms with Crippen LogP contribution < -0.4 is 10.3 Å². The van der Waals surface area contributed by atoms with Gasteiger partial charge in [0, 0.05) is 18.8 Å². The molecule has 0 aliphatic carbocycles. The predicted molar refractivity (Wildman–Crippen MR) is 99.4 cm³/mol. The van der Waals surface area contributed by atoms with Crippen LogP contribution >= 0.6 is 0 Å². The molecule has 3 rings (SSSR count). The number of hydrogen-bond donors (Lipinski definition) is 1. The fourth-order valence-electron chi connectivity index (χ4n) is 3.00. The van der Waals surface area contributed by atoms with Crippen LogP contribution in [0.1, 0.15) is 24.1 Å². The van der Waals surface area contributed by atoms with E-state index >= 15 is 0 Å². The van der Waals surface area contributed by atoms with E-state index in [1.54, 1.807) is 5.01 Å². The highest BCUT2D eigenvalue weighted by molar-refractivity contribution is 5.68. The van der Waals surface area contributed by atoms with Gasteiger partial charge < -0.3 is 9.64 Å². The highest BCUT2D eigenvalue weighted by Gasteiger charge is 2.26. The van der Waals surface area contributed by atoms with Crippen LogP contribution in [0.3, 0.4) is 0 Å². The fourth-order valence-corrected chi connectivity index (χ4v) is 3.00. The quantitative estimate of drug-likeness (QED) is 0.838. The fraction of sp³-hybridized carbons (Fsp3) is 0.350. The van der Waals surface area contributed by atoms with E-state index in [1.165, 1.54) is 11.3 Å². The average Bonchev–Trinajstić information content (AvgIpc) is 3.05. The topological polar surface area (TPSA) is 44.8 Å². The largest absolute Gasteiger partial charge is 0.447 e. The van der Waals surface area contributed by atoms with Crippen molar-refractivity contribution in [3.8, 4) is 0 Å². The molecule has 1 N–H and O–H groups in total. The van der Waals surface area contributed by atoms with E-state index in [9.17, 15) is 4.79 Å². The van der Waals surface area contributed by atoms with Gasteiger partial charge in [-0.3, -0.25) is 0 Å². The second-order valence-corrected chi connectivity index (χ2v) is 6.23. The molecule has 2 aromatic carbocycles. The Labute approximate surface area is 149 Å². The van der Waals surface area contributed by atoms with Crippen molar-refractivity contribution >= 4 is 11.8 Å². The van der Waals surface area contributed by atoms with Crippen molar-refractivity contribution < 1.29 is 9.53 Å². The number of carbonyl (C=O) groups excluding carboxylic acids is 1. The van der Waals surface area contributed by atoms with Gasteiger partial charge in [0.25, 0.3) is 0 Å². The third-order valence-corrected chi connectivity index (χ3v) is 4.46. The van der Waals surface area contributed by atoms with Crippen molar-refractivity contribution in [1.29, 1.82) is 0 Å². The SMILES string of the molecule is CCN(C[C@H](NN1CCOC1=O)c1ccccc1)c1ccc(C)cc1. The first kappa shape index (κ1) is 17.3. The minimum Gasteiger partial charge on any atom is -0.447 e. The van der Waals surface area contributed by atoms with Gasteiger partial charge in [0.1, 0.15) is 6.61 Å². The lowest BCUT2D eigenvalue weighted by Crippen LogP contribution is -2.45. The molecule has 2 aromatic rings. The van der Waals surface area contributed by atoms with Crippen molar-refractivity contribution in [2.24, 2.45) is 0 Å². The zero-order chi connectivity index (χ0) is 17.6. The summed E-state index contributed by atoms with van der Waals surface area (Å²) in [5, 5.41) is 1.57. The second kappa shape index (κ2) is 8.03. The summed E-state index contributed by atoms with van der Waals surface area (Å²) in [5.41, 5.74) is 6.92. The van der Waals surface area contributed by atoms with E-state index in [0.717, 1.165) is 18.7 Å². The van der Waals surface area contributed by atoms with Crippen LogP contribution in [0.5, 0.6) is 0 Å². The van der Waals surface area contributed by atoms with E-state index < -0.39 is 0 Å².